The number of imidazole rings is 2. The Bertz CT molecular complexity index is 2070. The number of phenolic OH excluding ortho intramolecular Hbond substituents is 2. The first-order valence-electron chi connectivity index (χ1n) is 17.9. The molecule has 6 aromatic rings. The summed E-state index contributed by atoms with van der Waals surface area (Å²) in [5, 5.41) is 20.6. The first-order valence-corrected chi connectivity index (χ1v) is 17.9. The van der Waals surface area contributed by atoms with Crippen LogP contribution in [0.25, 0.3) is 22.1 Å². The van der Waals surface area contributed by atoms with Crippen molar-refractivity contribution in [3.63, 3.8) is 0 Å². The molecule has 53 heavy (non-hydrogen) atoms. The third kappa shape index (κ3) is 8.33. The van der Waals surface area contributed by atoms with Crippen LogP contribution >= 0.6 is 0 Å². The smallest absolute Gasteiger partial charge is 0.162 e. The SMILES string of the molecule is CN1CCC(OC(c2nc3ccccc3[nH]2)c2c(O)cccc2F)CC1.CN1CCC(OC(c2nc3ccccc3[nH]2)c2cc(F)c(F)cc2O)CC1. The highest BCUT2D eigenvalue weighted by Gasteiger charge is 2.31. The number of H-pyrrole nitrogens is 2. The van der Waals surface area contributed by atoms with E-state index in [1.54, 1.807) is 0 Å². The minimum atomic E-state index is -1.10. The Hall–Kier alpha value is -4.95. The Balaban J connectivity index is 0.000000164. The number of ether oxygens (including phenoxy) is 2. The van der Waals surface area contributed by atoms with Gasteiger partial charge in [0.25, 0.3) is 0 Å². The van der Waals surface area contributed by atoms with E-state index in [9.17, 15) is 23.4 Å². The van der Waals surface area contributed by atoms with Gasteiger partial charge in [-0.15, -0.1) is 0 Å². The lowest BCUT2D eigenvalue weighted by atomic mass is 10.0. The van der Waals surface area contributed by atoms with Crippen LogP contribution in [0.1, 0.15) is 60.7 Å². The Morgan fingerprint density at radius 1 is 0.623 bits per heavy atom. The van der Waals surface area contributed by atoms with Gasteiger partial charge < -0.3 is 39.5 Å². The lowest BCUT2D eigenvalue weighted by Gasteiger charge is -2.31. The van der Waals surface area contributed by atoms with E-state index >= 15 is 0 Å². The predicted octanol–water partition coefficient (Wildman–Crippen LogP) is 7.35. The van der Waals surface area contributed by atoms with Gasteiger partial charge in [-0.2, -0.15) is 0 Å². The molecule has 2 saturated heterocycles. The van der Waals surface area contributed by atoms with Gasteiger partial charge in [-0.3, -0.25) is 0 Å². The van der Waals surface area contributed by atoms with Crippen LogP contribution < -0.4 is 0 Å². The minimum absolute atomic E-state index is 0.0107. The van der Waals surface area contributed by atoms with Gasteiger partial charge in [0.2, 0.25) is 0 Å². The Kier molecular flexibility index (Phi) is 11.0. The summed E-state index contributed by atoms with van der Waals surface area (Å²) in [5.74, 6) is -2.14. The van der Waals surface area contributed by atoms with Crippen molar-refractivity contribution in [2.45, 2.75) is 50.1 Å². The second-order valence-electron chi connectivity index (χ2n) is 13.8. The zero-order valence-corrected chi connectivity index (χ0v) is 29.6. The molecule has 278 valence electrons. The maximum absolute atomic E-state index is 14.6. The van der Waals surface area contributed by atoms with E-state index in [0.717, 1.165) is 86.1 Å². The summed E-state index contributed by atoms with van der Waals surface area (Å²) in [6, 6.07) is 21.2. The first-order chi connectivity index (χ1) is 25.6. The summed E-state index contributed by atoms with van der Waals surface area (Å²) in [5.41, 5.74) is 3.49. The number of hydrogen-bond donors (Lipinski definition) is 4. The molecule has 2 aliphatic heterocycles. The number of aromatic nitrogens is 4. The molecule has 10 nitrogen and oxygen atoms in total. The summed E-state index contributed by atoms with van der Waals surface area (Å²) < 4.78 is 54.5. The molecule has 0 radical (unpaired) electrons. The largest absolute Gasteiger partial charge is 0.507 e. The molecular weight excluding hydrogens is 685 g/mol. The number of likely N-dealkylation sites (tertiary alicyclic amines) is 2. The number of aromatic hydroxyl groups is 2. The third-order valence-corrected chi connectivity index (χ3v) is 9.94. The third-order valence-electron chi connectivity index (χ3n) is 9.94. The van der Waals surface area contributed by atoms with Gasteiger partial charge in [0.05, 0.1) is 39.8 Å². The zero-order valence-electron chi connectivity index (χ0n) is 29.6. The normalized spacial score (nSPS) is 17.5. The Labute approximate surface area is 305 Å². The number of hydrogen-bond acceptors (Lipinski definition) is 8. The number of piperidine rings is 2. The summed E-state index contributed by atoms with van der Waals surface area (Å²) in [7, 11) is 4.13. The molecule has 4 heterocycles. The standard InChI is InChI=1S/C20H21F2N3O2.C20H22FN3O2/c1-25-8-6-12(7-9-25)27-19(13-10-14(21)15(22)11-18(13)26)20-23-16-4-2-3-5-17(16)24-20;1-24-11-9-13(10-12-24)26-19(18-14(21)5-4-8-17(18)25)20-22-15-6-2-3-7-16(15)23-20/h2-5,10-12,19,26H,6-9H2,1H3,(H,23,24);2-8,13,19,25H,9-12H2,1H3,(H,22,23). The van der Waals surface area contributed by atoms with E-state index in [1.807, 2.05) is 55.6 Å². The first kappa shape index (κ1) is 36.4. The molecule has 0 spiro atoms. The van der Waals surface area contributed by atoms with Crippen molar-refractivity contribution in [3.05, 3.63) is 119 Å². The van der Waals surface area contributed by atoms with Crippen LogP contribution in [0.2, 0.25) is 0 Å². The fourth-order valence-corrected chi connectivity index (χ4v) is 6.92. The van der Waals surface area contributed by atoms with Crippen LogP contribution in [0.4, 0.5) is 13.2 Å². The van der Waals surface area contributed by atoms with Crippen LogP contribution in [-0.2, 0) is 9.47 Å². The number of nitrogens with zero attached hydrogens (tertiary/aromatic N) is 4. The quantitative estimate of drug-likeness (QED) is 0.128. The molecule has 4 aromatic carbocycles. The van der Waals surface area contributed by atoms with Gasteiger partial charge in [-0.1, -0.05) is 30.3 Å². The van der Waals surface area contributed by atoms with Crippen LogP contribution in [0, 0.1) is 17.5 Å². The molecule has 2 aromatic heterocycles. The molecule has 0 saturated carbocycles. The summed E-state index contributed by atoms with van der Waals surface area (Å²) in [6.07, 6.45) is 1.69. The summed E-state index contributed by atoms with van der Waals surface area (Å²) in [6.45, 7) is 3.64. The van der Waals surface area contributed by atoms with E-state index in [1.165, 1.54) is 18.2 Å². The molecule has 4 N–H and O–H groups in total. The summed E-state index contributed by atoms with van der Waals surface area (Å²) >= 11 is 0. The molecule has 2 fully saturated rings. The molecule has 2 unspecified atom stereocenters. The van der Waals surface area contributed by atoms with E-state index in [0.29, 0.717) is 11.6 Å². The highest BCUT2D eigenvalue weighted by Crippen LogP contribution is 2.37. The number of rotatable bonds is 8. The van der Waals surface area contributed by atoms with E-state index in [-0.39, 0.29) is 34.8 Å². The second kappa shape index (κ2) is 16.0. The second-order valence-corrected chi connectivity index (χ2v) is 13.8. The number of para-hydroxylation sites is 4. The highest BCUT2D eigenvalue weighted by atomic mass is 19.2. The van der Waals surface area contributed by atoms with Gasteiger partial charge in [0.15, 0.2) is 11.6 Å². The fourth-order valence-electron chi connectivity index (χ4n) is 6.92. The maximum atomic E-state index is 14.6. The fraction of sp³-hybridized carbons (Fsp3) is 0.350. The van der Waals surface area contributed by atoms with Crippen LogP contribution in [0.15, 0.2) is 78.9 Å². The highest BCUT2D eigenvalue weighted by molar-refractivity contribution is 5.75. The van der Waals surface area contributed by atoms with Crippen molar-refractivity contribution in [3.8, 4) is 11.5 Å². The minimum Gasteiger partial charge on any atom is -0.507 e. The van der Waals surface area contributed by atoms with Crippen molar-refractivity contribution < 1.29 is 32.9 Å². The monoisotopic (exact) mass is 728 g/mol. The van der Waals surface area contributed by atoms with Gasteiger partial charge in [-0.25, -0.2) is 23.1 Å². The Morgan fingerprint density at radius 2 is 1.11 bits per heavy atom. The number of benzene rings is 4. The average molecular weight is 729 g/mol. The number of phenols is 2. The molecule has 2 atom stereocenters. The van der Waals surface area contributed by atoms with E-state index in [4.69, 9.17) is 9.47 Å². The molecule has 2 aliphatic rings. The van der Waals surface area contributed by atoms with Crippen molar-refractivity contribution >= 4 is 22.1 Å². The maximum Gasteiger partial charge on any atom is 0.162 e. The molecule has 0 aliphatic carbocycles. The number of fused-ring (bicyclic) bond motifs is 2. The topological polar surface area (TPSA) is 123 Å². The lowest BCUT2D eigenvalue weighted by Crippen LogP contribution is -2.35. The number of nitrogens with one attached hydrogen (secondary N) is 2. The van der Waals surface area contributed by atoms with E-state index in [2.05, 4.69) is 36.8 Å². The van der Waals surface area contributed by atoms with Gasteiger partial charge in [-0.05, 0) is 82.2 Å². The molecule has 13 heteroatoms. The predicted molar refractivity (Wildman–Crippen MR) is 195 cm³/mol. The molecular formula is C40H43F3N6O4. The molecule has 0 amide bonds. The van der Waals surface area contributed by atoms with Gasteiger partial charge in [0, 0.05) is 37.8 Å². The van der Waals surface area contributed by atoms with Crippen molar-refractivity contribution in [2.75, 3.05) is 40.3 Å². The van der Waals surface area contributed by atoms with E-state index < -0.39 is 29.7 Å². The Morgan fingerprint density at radius 3 is 1.64 bits per heavy atom. The van der Waals surface area contributed by atoms with Crippen LogP contribution in [0.3, 0.4) is 0 Å². The molecule has 8 rings (SSSR count). The zero-order chi connectivity index (χ0) is 37.1. The molecule has 0 bridgehead atoms. The van der Waals surface area contributed by atoms with Gasteiger partial charge >= 0.3 is 0 Å². The van der Waals surface area contributed by atoms with Crippen LogP contribution in [0.5, 0.6) is 11.5 Å². The van der Waals surface area contributed by atoms with Crippen LogP contribution in [-0.4, -0.2) is 92.4 Å². The summed E-state index contributed by atoms with van der Waals surface area (Å²) in [4.78, 5) is 20.0. The van der Waals surface area contributed by atoms with Crippen molar-refractivity contribution in [2.24, 2.45) is 0 Å². The van der Waals surface area contributed by atoms with Crippen molar-refractivity contribution in [1.29, 1.82) is 0 Å². The van der Waals surface area contributed by atoms with Gasteiger partial charge in [0.1, 0.15) is 41.2 Å². The number of halogens is 3. The number of aromatic amines is 2. The lowest BCUT2D eigenvalue weighted by molar-refractivity contribution is -0.0284. The van der Waals surface area contributed by atoms with Crippen molar-refractivity contribution in [1.82, 2.24) is 29.7 Å². The average Bonchev–Trinajstić information content (AvgIpc) is 3.78.